The van der Waals surface area contributed by atoms with Gasteiger partial charge in [0.15, 0.2) is 5.82 Å². The van der Waals surface area contributed by atoms with Crippen LogP contribution in [0.3, 0.4) is 0 Å². The van der Waals surface area contributed by atoms with Gasteiger partial charge in [-0.25, -0.2) is 0 Å². The number of rotatable bonds is 2. The number of benzene rings is 1. The van der Waals surface area contributed by atoms with Crippen LogP contribution in [0.15, 0.2) is 18.2 Å². The normalized spacial score (nSPS) is 10.3. The van der Waals surface area contributed by atoms with Crippen LogP contribution < -0.4 is 5.32 Å². The summed E-state index contributed by atoms with van der Waals surface area (Å²) in [6, 6.07) is 5.25. The molecule has 0 spiro atoms. The van der Waals surface area contributed by atoms with Gasteiger partial charge < -0.3 is 5.32 Å². The Morgan fingerprint density at radius 1 is 1.20 bits per heavy atom. The molecule has 1 aromatic heterocycles. The fourth-order valence-electron chi connectivity index (χ4n) is 1.13. The SMILES string of the molecule is CNc1nc(-c2cc(Cl)cc(Cl)c2)ns1. The second kappa shape index (κ2) is 4.35. The Hall–Kier alpha value is -0.840. The first-order chi connectivity index (χ1) is 7.19. The molecule has 0 aliphatic carbocycles. The van der Waals surface area contributed by atoms with Crippen LogP contribution in [0.1, 0.15) is 0 Å². The molecule has 0 bridgehead atoms. The first-order valence-corrected chi connectivity index (χ1v) is 5.70. The van der Waals surface area contributed by atoms with Crippen LogP contribution in [0.25, 0.3) is 11.4 Å². The summed E-state index contributed by atoms with van der Waals surface area (Å²) >= 11 is 13.1. The lowest BCUT2D eigenvalue weighted by molar-refractivity contribution is 1.31. The van der Waals surface area contributed by atoms with Crippen molar-refractivity contribution in [2.45, 2.75) is 0 Å². The van der Waals surface area contributed by atoms with Crippen LogP contribution in [-0.4, -0.2) is 16.4 Å². The van der Waals surface area contributed by atoms with Gasteiger partial charge in [-0.05, 0) is 18.2 Å². The molecule has 0 aliphatic rings. The molecule has 3 nitrogen and oxygen atoms in total. The molecule has 15 heavy (non-hydrogen) atoms. The quantitative estimate of drug-likeness (QED) is 0.897. The third-order valence-corrected chi connectivity index (χ3v) is 2.93. The van der Waals surface area contributed by atoms with Crippen molar-refractivity contribution in [3.05, 3.63) is 28.2 Å². The number of hydrogen-bond donors (Lipinski definition) is 1. The molecule has 6 heteroatoms. The molecule has 78 valence electrons. The molecule has 0 fully saturated rings. The van der Waals surface area contributed by atoms with Gasteiger partial charge >= 0.3 is 0 Å². The minimum absolute atomic E-state index is 0.582. The third-order valence-electron chi connectivity index (χ3n) is 1.76. The van der Waals surface area contributed by atoms with Gasteiger partial charge in [-0.15, -0.1) is 0 Å². The van der Waals surface area contributed by atoms with E-state index in [1.54, 1.807) is 25.2 Å². The monoisotopic (exact) mass is 259 g/mol. The summed E-state index contributed by atoms with van der Waals surface area (Å²) < 4.78 is 4.19. The zero-order valence-corrected chi connectivity index (χ0v) is 10.1. The predicted molar refractivity (Wildman–Crippen MR) is 64.9 cm³/mol. The smallest absolute Gasteiger partial charge is 0.202 e. The first kappa shape index (κ1) is 10.7. The highest BCUT2D eigenvalue weighted by molar-refractivity contribution is 7.09. The van der Waals surface area contributed by atoms with Crippen molar-refractivity contribution in [3.63, 3.8) is 0 Å². The van der Waals surface area contributed by atoms with Gasteiger partial charge in [0.1, 0.15) is 0 Å². The van der Waals surface area contributed by atoms with Crippen molar-refractivity contribution in [1.82, 2.24) is 9.36 Å². The maximum absolute atomic E-state index is 5.89. The summed E-state index contributed by atoms with van der Waals surface area (Å²) in [6.07, 6.45) is 0. The molecule has 1 N–H and O–H groups in total. The Morgan fingerprint density at radius 3 is 2.40 bits per heavy atom. The maximum Gasteiger partial charge on any atom is 0.202 e. The molecule has 0 radical (unpaired) electrons. The van der Waals surface area contributed by atoms with Gasteiger partial charge in [-0.3, -0.25) is 0 Å². The molecule has 0 saturated heterocycles. The molecular formula is C9H7Cl2N3S. The summed E-state index contributed by atoms with van der Waals surface area (Å²) in [7, 11) is 1.80. The lowest BCUT2D eigenvalue weighted by Gasteiger charge is -1.97. The van der Waals surface area contributed by atoms with Gasteiger partial charge in [0.25, 0.3) is 0 Å². The number of aromatic nitrogens is 2. The second-order valence-electron chi connectivity index (χ2n) is 2.83. The van der Waals surface area contributed by atoms with E-state index in [1.807, 2.05) is 0 Å². The van der Waals surface area contributed by atoms with Crippen molar-refractivity contribution in [3.8, 4) is 11.4 Å². The summed E-state index contributed by atoms with van der Waals surface area (Å²) in [5.74, 6) is 0.633. The summed E-state index contributed by atoms with van der Waals surface area (Å²) in [6.45, 7) is 0. The number of halogens is 2. The van der Waals surface area contributed by atoms with Crippen LogP contribution in [0.4, 0.5) is 5.13 Å². The Labute approximate surface area is 101 Å². The zero-order chi connectivity index (χ0) is 10.8. The molecule has 1 aromatic carbocycles. The Balaban J connectivity index is 2.44. The van der Waals surface area contributed by atoms with Gasteiger partial charge in [-0.1, -0.05) is 23.2 Å². The van der Waals surface area contributed by atoms with E-state index in [2.05, 4.69) is 14.7 Å². The van der Waals surface area contributed by atoms with Crippen LogP contribution in [0.2, 0.25) is 10.0 Å². The van der Waals surface area contributed by atoms with Crippen molar-refractivity contribution >= 4 is 39.9 Å². The van der Waals surface area contributed by atoms with E-state index in [0.717, 1.165) is 10.7 Å². The fourth-order valence-corrected chi connectivity index (χ4v) is 2.19. The Bertz CT molecular complexity index is 464. The lowest BCUT2D eigenvalue weighted by atomic mass is 10.2. The largest absolute Gasteiger partial charge is 0.363 e. The average molecular weight is 260 g/mol. The summed E-state index contributed by atoms with van der Waals surface area (Å²) in [5, 5.41) is 4.85. The van der Waals surface area contributed by atoms with Crippen LogP contribution >= 0.6 is 34.7 Å². The molecule has 2 aromatic rings. The van der Waals surface area contributed by atoms with E-state index in [0.29, 0.717) is 15.9 Å². The molecule has 2 rings (SSSR count). The fraction of sp³-hybridized carbons (Fsp3) is 0.111. The van der Waals surface area contributed by atoms with Crippen molar-refractivity contribution in [2.24, 2.45) is 0 Å². The predicted octanol–water partition coefficient (Wildman–Crippen LogP) is 3.55. The number of nitrogens with one attached hydrogen (secondary N) is 1. The van der Waals surface area contributed by atoms with E-state index in [1.165, 1.54) is 11.5 Å². The van der Waals surface area contributed by atoms with Gasteiger partial charge in [0, 0.05) is 34.2 Å². The minimum Gasteiger partial charge on any atom is -0.363 e. The molecule has 1 heterocycles. The van der Waals surface area contributed by atoms with Crippen molar-refractivity contribution < 1.29 is 0 Å². The van der Waals surface area contributed by atoms with Crippen LogP contribution in [-0.2, 0) is 0 Å². The summed E-state index contributed by atoms with van der Waals surface area (Å²) in [4.78, 5) is 4.26. The number of anilines is 1. The zero-order valence-electron chi connectivity index (χ0n) is 7.79. The Morgan fingerprint density at radius 2 is 1.87 bits per heavy atom. The highest BCUT2D eigenvalue weighted by Gasteiger charge is 2.07. The Kier molecular flexibility index (Phi) is 3.09. The molecular weight excluding hydrogens is 253 g/mol. The van der Waals surface area contributed by atoms with Crippen LogP contribution in [0.5, 0.6) is 0 Å². The van der Waals surface area contributed by atoms with Gasteiger partial charge in [0.2, 0.25) is 5.13 Å². The van der Waals surface area contributed by atoms with E-state index in [4.69, 9.17) is 23.2 Å². The third kappa shape index (κ3) is 2.40. The van der Waals surface area contributed by atoms with Crippen LogP contribution in [0, 0.1) is 0 Å². The average Bonchev–Trinajstić information content (AvgIpc) is 2.64. The molecule has 0 atom stereocenters. The molecule has 0 unspecified atom stereocenters. The summed E-state index contributed by atoms with van der Waals surface area (Å²) in [5.41, 5.74) is 0.824. The highest BCUT2D eigenvalue weighted by Crippen LogP contribution is 2.27. The molecule has 0 saturated carbocycles. The minimum atomic E-state index is 0.582. The van der Waals surface area contributed by atoms with E-state index in [9.17, 15) is 0 Å². The lowest BCUT2D eigenvalue weighted by Crippen LogP contribution is -1.86. The van der Waals surface area contributed by atoms with E-state index in [-0.39, 0.29) is 0 Å². The second-order valence-corrected chi connectivity index (χ2v) is 4.46. The molecule has 0 aliphatic heterocycles. The maximum atomic E-state index is 5.89. The van der Waals surface area contributed by atoms with Gasteiger partial charge in [0.05, 0.1) is 0 Å². The number of hydrogen-bond acceptors (Lipinski definition) is 4. The van der Waals surface area contributed by atoms with Crippen molar-refractivity contribution in [1.29, 1.82) is 0 Å². The van der Waals surface area contributed by atoms with Crippen molar-refractivity contribution in [2.75, 3.05) is 12.4 Å². The highest BCUT2D eigenvalue weighted by atomic mass is 35.5. The first-order valence-electron chi connectivity index (χ1n) is 4.17. The topological polar surface area (TPSA) is 37.8 Å². The standard InChI is InChI=1S/C9H7Cl2N3S/c1-12-9-13-8(14-15-9)5-2-6(10)4-7(11)3-5/h2-4H,1H3,(H,12,13,14). The van der Waals surface area contributed by atoms with E-state index < -0.39 is 0 Å². The molecule has 0 amide bonds. The van der Waals surface area contributed by atoms with Gasteiger partial charge in [-0.2, -0.15) is 9.36 Å². The number of nitrogens with zero attached hydrogens (tertiary/aromatic N) is 2. The van der Waals surface area contributed by atoms with E-state index >= 15 is 0 Å².